The number of hydrogen-bond acceptors (Lipinski definition) is 3. The standard InChI is InChI=1S/C20H42O4S/c1-17(2)9-6-10-18(3)11-7-12-19(4)13-8-14-20(5)15-16-24-25(21,22)23/h17-20H,6-16H2,1-5H3,(H,21,22,23). The van der Waals surface area contributed by atoms with E-state index in [1.807, 2.05) is 0 Å². The van der Waals surface area contributed by atoms with Crippen LogP contribution in [0.5, 0.6) is 0 Å². The smallest absolute Gasteiger partial charge is 0.264 e. The van der Waals surface area contributed by atoms with E-state index >= 15 is 0 Å². The van der Waals surface area contributed by atoms with E-state index < -0.39 is 10.4 Å². The summed E-state index contributed by atoms with van der Waals surface area (Å²) in [5.41, 5.74) is 0. The molecule has 0 bridgehead atoms. The molecule has 3 unspecified atom stereocenters. The summed E-state index contributed by atoms with van der Waals surface area (Å²) < 4.78 is 33.9. The summed E-state index contributed by atoms with van der Waals surface area (Å²) in [6.07, 6.45) is 12.3. The summed E-state index contributed by atoms with van der Waals surface area (Å²) in [4.78, 5) is 0. The second-order valence-electron chi connectivity index (χ2n) is 8.54. The summed E-state index contributed by atoms with van der Waals surface area (Å²) in [5.74, 6) is 2.88. The first-order chi connectivity index (χ1) is 11.6. The van der Waals surface area contributed by atoms with Gasteiger partial charge in [-0.25, -0.2) is 4.18 Å². The maximum absolute atomic E-state index is 10.5. The third-order valence-corrected chi connectivity index (χ3v) is 5.57. The Bertz CT molecular complexity index is 406. The van der Waals surface area contributed by atoms with Crippen molar-refractivity contribution in [1.29, 1.82) is 0 Å². The predicted octanol–water partition coefficient (Wildman–Crippen LogP) is 6.27. The Morgan fingerprint density at radius 1 is 0.680 bits per heavy atom. The van der Waals surface area contributed by atoms with Crippen LogP contribution in [0, 0.1) is 23.7 Å². The summed E-state index contributed by atoms with van der Waals surface area (Å²) >= 11 is 0. The molecule has 0 aromatic rings. The summed E-state index contributed by atoms with van der Waals surface area (Å²) in [6.45, 7) is 11.5. The van der Waals surface area contributed by atoms with Crippen molar-refractivity contribution >= 4 is 10.4 Å². The lowest BCUT2D eigenvalue weighted by Crippen LogP contribution is -2.08. The third kappa shape index (κ3) is 18.5. The fourth-order valence-corrected chi connectivity index (χ4v) is 3.60. The average molecular weight is 379 g/mol. The van der Waals surface area contributed by atoms with Gasteiger partial charge in [0.2, 0.25) is 0 Å². The summed E-state index contributed by atoms with van der Waals surface area (Å²) in [6, 6.07) is 0. The summed E-state index contributed by atoms with van der Waals surface area (Å²) in [7, 11) is -4.28. The van der Waals surface area contributed by atoms with Crippen LogP contribution in [0.1, 0.15) is 98.8 Å². The Hall–Kier alpha value is -0.130. The Labute approximate surface area is 157 Å². The van der Waals surface area contributed by atoms with E-state index in [9.17, 15) is 8.42 Å². The van der Waals surface area contributed by atoms with E-state index in [0.29, 0.717) is 12.3 Å². The molecule has 152 valence electrons. The van der Waals surface area contributed by atoms with Crippen molar-refractivity contribution < 1.29 is 17.2 Å². The Morgan fingerprint density at radius 3 is 1.40 bits per heavy atom. The molecule has 25 heavy (non-hydrogen) atoms. The lowest BCUT2D eigenvalue weighted by Gasteiger charge is -2.16. The van der Waals surface area contributed by atoms with E-state index in [4.69, 9.17) is 4.55 Å². The van der Waals surface area contributed by atoms with Crippen LogP contribution in [0.2, 0.25) is 0 Å². The van der Waals surface area contributed by atoms with E-state index in [-0.39, 0.29) is 6.61 Å². The third-order valence-electron chi connectivity index (χ3n) is 5.11. The molecule has 0 spiro atoms. The Balaban J connectivity index is 3.58. The topological polar surface area (TPSA) is 63.6 Å². The van der Waals surface area contributed by atoms with Crippen LogP contribution in [-0.2, 0) is 14.6 Å². The molecule has 0 aliphatic carbocycles. The lowest BCUT2D eigenvalue weighted by atomic mass is 9.91. The predicted molar refractivity (Wildman–Crippen MR) is 106 cm³/mol. The number of rotatable bonds is 16. The maximum Gasteiger partial charge on any atom is 0.397 e. The van der Waals surface area contributed by atoms with Gasteiger partial charge in [0.15, 0.2) is 0 Å². The quantitative estimate of drug-likeness (QED) is 0.321. The molecule has 0 heterocycles. The molecule has 0 fully saturated rings. The van der Waals surface area contributed by atoms with Gasteiger partial charge in [0.1, 0.15) is 0 Å². The van der Waals surface area contributed by atoms with Crippen molar-refractivity contribution in [3.63, 3.8) is 0 Å². The molecular weight excluding hydrogens is 336 g/mol. The van der Waals surface area contributed by atoms with Crippen LogP contribution in [0.25, 0.3) is 0 Å². The van der Waals surface area contributed by atoms with Crippen LogP contribution < -0.4 is 0 Å². The molecule has 1 N–H and O–H groups in total. The highest BCUT2D eigenvalue weighted by atomic mass is 32.3. The normalized spacial score (nSPS) is 16.1. The molecule has 3 atom stereocenters. The van der Waals surface area contributed by atoms with Crippen LogP contribution >= 0.6 is 0 Å². The van der Waals surface area contributed by atoms with Gasteiger partial charge in [-0.3, -0.25) is 4.55 Å². The first-order valence-corrected chi connectivity index (χ1v) is 11.6. The molecule has 0 amide bonds. The van der Waals surface area contributed by atoms with Crippen molar-refractivity contribution in [3.8, 4) is 0 Å². The molecule has 0 aromatic carbocycles. The van der Waals surface area contributed by atoms with Crippen LogP contribution in [-0.4, -0.2) is 19.6 Å². The highest BCUT2D eigenvalue weighted by Crippen LogP contribution is 2.22. The zero-order valence-corrected chi connectivity index (χ0v) is 18.0. The summed E-state index contributed by atoms with van der Waals surface area (Å²) in [5, 5.41) is 0. The maximum atomic E-state index is 10.5. The van der Waals surface area contributed by atoms with Gasteiger partial charge in [0, 0.05) is 0 Å². The SMILES string of the molecule is CC(C)CCCC(C)CCCC(C)CCCC(C)CCOS(=O)(=O)O. The Kier molecular flexibility index (Phi) is 13.9. The Morgan fingerprint density at radius 2 is 1.04 bits per heavy atom. The first kappa shape index (κ1) is 24.9. The van der Waals surface area contributed by atoms with Gasteiger partial charge >= 0.3 is 10.4 Å². The van der Waals surface area contributed by atoms with Crippen LogP contribution in [0.3, 0.4) is 0 Å². The molecule has 4 nitrogen and oxygen atoms in total. The van der Waals surface area contributed by atoms with Gasteiger partial charge in [-0.1, -0.05) is 92.4 Å². The molecule has 0 rings (SSSR count). The van der Waals surface area contributed by atoms with E-state index in [0.717, 1.165) is 24.2 Å². The highest BCUT2D eigenvalue weighted by Gasteiger charge is 2.10. The van der Waals surface area contributed by atoms with Crippen molar-refractivity contribution in [2.24, 2.45) is 23.7 Å². The molecule has 0 saturated carbocycles. The van der Waals surface area contributed by atoms with E-state index in [1.54, 1.807) is 0 Å². The van der Waals surface area contributed by atoms with Gasteiger partial charge in [0.25, 0.3) is 0 Å². The van der Waals surface area contributed by atoms with E-state index in [2.05, 4.69) is 38.8 Å². The first-order valence-electron chi connectivity index (χ1n) is 10.2. The molecule has 0 radical (unpaired) electrons. The molecule has 0 aliphatic heterocycles. The molecular formula is C20H42O4S. The number of hydrogen-bond donors (Lipinski definition) is 1. The monoisotopic (exact) mass is 378 g/mol. The fraction of sp³-hybridized carbons (Fsp3) is 1.00. The van der Waals surface area contributed by atoms with Crippen molar-refractivity contribution in [2.75, 3.05) is 6.61 Å². The zero-order valence-electron chi connectivity index (χ0n) is 17.2. The van der Waals surface area contributed by atoms with Crippen molar-refractivity contribution in [3.05, 3.63) is 0 Å². The minimum atomic E-state index is -4.28. The highest BCUT2D eigenvalue weighted by molar-refractivity contribution is 7.80. The second kappa shape index (κ2) is 14.0. The van der Waals surface area contributed by atoms with Crippen molar-refractivity contribution in [2.45, 2.75) is 98.8 Å². The molecule has 0 aliphatic rings. The van der Waals surface area contributed by atoms with Gasteiger partial charge in [0.05, 0.1) is 6.61 Å². The van der Waals surface area contributed by atoms with Gasteiger partial charge < -0.3 is 0 Å². The lowest BCUT2D eigenvalue weighted by molar-refractivity contribution is 0.244. The van der Waals surface area contributed by atoms with Crippen LogP contribution in [0.4, 0.5) is 0 Å². The fourth-order valence-electron chi connectivity index (χ4n) is 3.29. The average Bonchev–Trinajstić information content (AvgIpc) is 2.45. The van der Waals surface area contributed by atoms with Gasteiger partial charge in [-0.2, -0.15) is 8.42 Å². The molecule has 5 heteroatoms. The second-order valence-corrected chi connectivity index (χ2v) is 9.63. The molecule has 0 aromatic heterocycles. The molecule has 0 saturated heterocycles. The minimum Gasteiger partial charge on any atom is -0.264 e. The zero-order chi connectivity index (χ0) is 19.3. The van der Waals surface area contributed by atoms with Crippen LogP contribution in [0.15, 0.2) is 0 Å². The van der Waals surface area contributed by atoms with Gasteiger partial charge in [-0.15, -0.1) is 0 Å². The largest absolute Gasteiger partial charge is 0.397 e. The minimum absolute atomic E-state index is 0.0737. The van der Waals surface area contributed by atoms with E-state index in [1.165, 1.54) is 51.4 Å². The van der Waals surface area contributed by atoms with Crippen molar-refractivity contribution in [1.82, 2.24) is 0 Å². The van der Waals surface area contributed by atoms with Gasteiger partial charge in [-0.05, 0) is 30.1 Å².